The molecule has 1 amide bonds. The molecule has 0 radical (unpaired) electrons. The van der Waals surface area contributed by atoms with Gasteiger partial charge in [0.1, 0.15) is 12.3 Å². The Morgan fingerprint density at radius 3 is 2.42 bits per heavy atom. The quantitative estimate of drug-likeness (QED) is 0.608. The number of phenols is 1. The molecular formula is C16H17N3O4S. The Labute approximate surface area is 140 Å². The fourth-order valence-corrected chi connectivity index (χ4v) is 2.79. The third-order valence-electron chi connectivity index (χ3n) is 3.06. The summed E-state index contributed by atoms with van der Waals surface area (Å²) in [4.78, 5) is 12.0. The van der Waals surface area contributed by atoms with Gasteiger partial charge in [0.05, 0.1) is 18.2 Å². The second kappa shape index (κ2) is 7.60. The molecule has 0 atom stereocenters. The average molecular weight is 347 g/mol. The lowest BCUT2D eigenvalue weighted by molar-refractivity contribution is -0.119. The molecule has 0 saturated carbocycles. The second-order valence-electron chi connectivity index (χ2n) is 4.96. The van der Waals surface area contributed by atoms with Crippen molar-refractivity contribution in [2.75, 3.05) is 17.1 Å². The number of rotatable bonds is 6. The Hall–Kier alpha value is -2.87. The van der Waals surface area contributed by atoms with E-state index in [1.54, 1.807) is 48.5 Å². The van der Waals surface area contributed by atoms with Gasteiger partial charge in [-0.05, 0) is 24.3 Å². The van der Waals surface area contributed by atoms with E-state index in [0.717, 1.165) is 10.6 Å². The minimum Gasteiger partial charge on any atom is -0.507 e. The van der Waals surface area contributed by atoms with E-state index in [0.29, 0.717) is 11.3 Å². The van der Waals surface area contributed by atoms with Crippen LogP contribution in [0.5, 0.6) is 5.75 Å². The summed E-state index contributed by atoms with van der Waals surface area (Å²) in [6.07, 6.45) is 2.30. The summed E-state index contributed by atoms with van der Waals surface area (Å²) in [7, 11) is -3.62. The lowest BCUT2D eigenvalue weighted by Crippen LogP contribution is -2.38. The molecule has 8 heteroatoms. The van der Waals surface area contributed by atoms with Crippen LogP contribution >= 0.6 is 0 Å². The molecule has 0 fully saturated rings. The maximum atomic E-state index is 12.0. The molecule has 2 aromatic rings. The van der Waals surface area contributed by atoms with Crippen LogP contribution in [0.1, 0.15) is 5.56 Å². The van der Waals surface area contributed by atoms with Gasteiger partial charge in [-0.1, -0.05) is 30.3 Å². The van der Waals surface area contributed by atoms with Crippen molar-refractivity contribution in [1.29, 1.82) is 0 Å². The van der Waals surface area contributed by atoms with Gasteiger partial charge in [-0.25, -0.2) is 13.8 Å². The van der Waals surface area contributed by atoms with E-state index in [4.69, 9.17) is 0 Å². The molecule has 7 nitrogen and oxygen atoms in total. The number of anilines is 1. The third-order valence-corrected chi connectivity index (χ3v) is 4.20. The van der Waals surface area contributed by atoms with E-state index < -0.39 is 22.5 Å². The summed E-state index contributed by atoms with van der Waals surface area (Å²) in [5.74, 6) is -0.575. The third kappa shape index (κ3) is 4.82. The molecule has 0 aliphatic carbocycles. The average Bonchev–Trinajstić information content (AvgIpc) is 2.54. The van der Waals surface area contributed by atoms with Crippen molar-refractivity contribution >= 4 is 27.8 Å². The zero-order chi connectivity index (χ0) is 17.6. The fourth-order valence-electron chi connectivity index (χ4n) is 1.93. The highest BCUT2D eigenvalue weighted by atomic mass is 32.2. The predicted molar refractivity (Wildman–Crippen MR) is 92.5 cm³/mol. The van der Waals surface area contributed by atoms with Crippen LogP contribution in [0.15, 0.2) is 59.7 Å². The van der Waals surface area contributed by atoms with Gasteiger partial charge in [0, 0.05) is 5.56 Å². The Morgan fingerprint density at radius 1 is 1.17 bits per heavy atom. The first-order valence-corrected chi connectivity index (χ1v) is 8.85. The molecule has 0 aliphatic heterocycles. The van der Waals surface area contributed by atoms with Crippen molar-refractivity contribution in [1.82, 2.24) is 5.43 Å². The monoisotopic (exact) mass is 347 g/mol. The van der Waals surface area contributed by atoms with E-state index in [1.165, 1.54) is 12.3 Å². The highest BCUT2D eigenvalue weighted by Gasteiger charge is 2.20. The zero-order valence-electron chi connectivity index (χ0n) is 13.0. The van der Waals surface area contributed by atoms with Crippen LogP contribution < -0.4 is 9.73 Å². The molecule has 126 valence electrons. The van der Waals surface area contributed by atoms with Gasteiger partial charge < -0.3 is 5.11 Å². The maximum absolute atomic E-state index is 12.0. The van der Waals surface area contributed by atoms with Crippen molar-refractivity contribution in [3.8, 4) is 5.75 Å². The van der Waals surface area contributed by atoms with Gasteiger partial charge in [0.25, 0.3) is 5.91 Å². The van der Waals surface area contributed by atoms with E-state index in [2.05, 4.69) is 10.5 Å². The molecule has 0 unspecified atom stereocenters. The number of carbonyl (C=O) groups excluding carboxylic acids is 1. The number of hydrazone groups is 1. The van der Waals surface area contributed by atoms with Crippen LogP contribution in [-0.4, -0.2) is 38.4 Å². The van der Waals surface area contributed by atoms with Crippen molar-refractivity contribution in [3.05, 3.63) is 60.2 Å². The molecule has 0 aliphatic rings. The summed E-state index contributed by atoms with van der Waals surface area (Å²) in [6.45, 7) is -0.402. The zero-order valence-corrected chi connectivity index (χ0v) is 13.8. The number of nitrogens with one attached hydrogen (secondary N) is 1. The van der Waals surface area contributed by atoms with E-state index in [1.807, 2.05) is 0 Å². The number of phenolic OH excluding ortho intramolecular Hbond substituents is 1. The molecule has 0 aromatic heterocycles. The van der Waals surface area contributed by atoms with Gasteiger partial charge in [0.15, 0.2) is 0 Å². The molecular weight excluding hydrogens is 330 g/mol. The number of nitrogens with zero attached hydrogens (tertiary/aromatic N) is 2. The maximum Gasteiger partial charge on any atom is 0.260 e. The van der Waals surface area contributed by atoms with Crippen LogP contribution in [0, 0.1) is 0 Å². The molecule has 0 bridgehead atoms. The second-order valence-corrected chi connectivity index (χ2v) is 6.86. The Morgan fingerprint density at radius 2 is 1.79 bits per heavy atom. The van der Waals surface area contributed by atoms with Crippen LogP contribution in [-0.2, 0) is 14.8 Å². The number of aromatic hydroxyl groups is 1. The Kier molecular flexibility index (Phi) is 5.54. The summed E-state index contributed by atoms with van der Waals surface area (Å²) < 4.78 is 24.7. The van der Waals surface area contributed by atoms with Crippen molar-refractivity contribution in [3.63, 3.8) is 0 Å². The lowest BCUT2D eigenvalue weighted by atomic mass is 10.2. The predicted octanol–water partition coefficient (Wildman–Crippen LogP) is 1.31. The Bertz CT molecular complexity index is 835. The van der Waals surface area contributed by atoms with Gasteiger partial charge >= 0.3 is 0 Å². The highest BCUT2D eigenvalue weighted by Crippen LogP contribution is 2.16. The Balaban J connectivity index is 2.05. The summed E-state index contributed by atoms with van der Waals surface area (Å²) >= 11 is 0. The first kappa shape index (κ1) is 17.5. The SMILES string of the molecule is CS(=O)(=O)N(CC(=O)N/N=C\c1ccccc1O)c1ccccc1. The number of hydrogen-bond donors (Lipinski definition) is 2. The molecule has 0 saturated heterocycles. The minimum absolute atomic E-state index is 0.0255. The van der Waals surface area contributed by atoms with Crippen molar-refractivity contribution in [2.45, 2.75) is 0 Å². The van der Waals surface area contributed by atoms with Crippen LogP contribution in [0.25, 0.3) is 0 Å². The molecule has 2 N–H and O–H groups in total. The van der Waals surface area contributed by atoms with Gasteiger partial charge in [-0.3, -0.25) is 9.10 Å². The highest BCUT2D eigenvalue weighted by molar-refractivity contribution is 7.92. The van der Waals surface area contributed by atoms with Crippen LogP contribution in [0.3, 0.4) is 0 Å². The summed E-state index contributed by atoms with van der Waals surface area (Å²) in [6, 6.07) is 14.8. The number of sulfonamides is 1. The van der Waals surface area contributed by atoms with Crippen molar-refractivity contribution in [2.24, 2.45) is 5.10 Å². The first-order valence-electron chi connectivity index (χ1n) is 7.00. The topological polar surface area (TPSA) is 99.1 Å². The standard InChI is InChI=1S/C16H17N3O4S/c1-24(22,23)19(14-8-3-2-4-9-14)12-16(21)18-17-11-13-7-5-6-10-15(13)20/h2-11,20H,12H2,1H3,(H,18,21)/b17-11-. The molecule has 2 rings (SSSR count). The smallest absolute Gasteiger partial charge is 0.260 e. The lowest BCUT2D eigenvalue weighted by Gasteiger charge is -2.21. The van der Waals surface area contributed by atoms with Gasteiger partial charge in [-0.15, -0.1) is 0 Å². The summed E-state index contributed by atoms with van der Waals surface area (Å²) in [5.41, 5.74) is 3.06. The number of carbonyl (C=O) groups is 1. The molecule has 2 aromatic carbocycles. The normalized spacial score (nSPS) is 11.4. The number of hydrogen-bond acceptors (Lipinski definition) is 5. The van der Waals surface area contributed by atoms with Crippen LogP contribution in [0.4, 0.5) is 5.69 Å². The van der Waals surface area contributed by atoms with Crippen molar-refractivity contribution < 1.29 is 18.3 Å². The minimum atomic E-state index is -3.62. The largest absolute Gasteiger partial charge is 0.507 e. The van der Waals surface area contributed by atoms with Crippen LogP contribution in [0.2, 0.25) is 0 Å². The number of benzene rings is 2. The molecule has 0 heterocycles. The molecule has 24 heavy (non-hydrogen) atoms. The van der Waals surface area contributed by atoms with E-state index >= 15 is 0 Å². The number of para-hydroxylation sites is 2. The first-order chi connectivity index (χ1) is 11.4. The molecule has 0 spiro atoms. The fraction of sp³-hybridized carbons (Fsp3) is 0.125. The van der Waals surface area contributed by atoms with Gasteiger partial charge in [0.2, 0.25) is 10.0 Å². The summed E-state index contributed by atoms with van der Waals surface area (Å²) in [5, 5.41) is 13.3. The van der Waals surface area contributed by atoms with Gasteiger partial charge in [-0.2, -0.15) is 5.10 Å². The van der Waals surface area contributed by atoms with E-state index in [-0.39, 0.29) is 5.75 Å². The van der Waals surface area contributed by atoms with E-state index in [9.17, 15) is 18.3 Å². The number of amides is 1.